The van der Waals surface area contributed by atoms with E-state index in [1.165, 1.54) is 28.4 Å². The Morgan fingerprint density at radius 3 is 1.83 bits per heavy atom. The van der Waals surface area contributed by atoms with Crippen LogP contribution in [0.4, 0.5) is 0 Å². The summed E-state index contributed by atoms with van der Waals surface area (Å²) in [5.74, 6) is -6.08. The van der Waals surface area contributed by atoms with Gasteiger partial charge >= 0.3 is 5.97 Å². The first-order chi connectivity index (χ1) is 29.9. The van der Waals surface area contributed by atoms with Gasteiger partial charge in [-0.1, -0.05) is 13.8 Å². The average molecular weight is 981 g/mol. The van der Waals surface area contributed by atoms with Crippen molar-refractivity contribution in [3.63, 3.8) is 0 Å². The molecule has 0 aromatic rings. The second-order valence-electron chi connectivity index (χ2n) is 15.9. The number of carbonyl (C=O) groups excluding carboxylic acids is 7. The monoisotopic (exact) mass is 980 g/mol. The zero-order valence-corrected chi connectivity index (χ0v) is 40.4. The van der Waals surface area contributed by atoms with Crippen molar-refractivity contribution in [3.05, 3.63) is 0 Å². The van der Waals surface area contributed by atoms with Gasteiger partial charge in [0.2, 0.25) is 41.4 Å². The topological polar surface area (TPSA) is 387 Å². The maximum absolute atomic E-state index is 14.1. The normalized spacial score (nSPS) is 16.5. The Bertz CT molecular complexity index is 1660. The number of aliphatic carboxylic acids is 1. The number of amides is 7. The van der Waals surface area contributed by atoms with E-state index >= 15 is 0 Å². The highest BCUT2D eigenvalue weighted by atomic mass is 32.2. The minimum atomic E-state index is -1.32. The van der Waals surface area contributed by atoms with Crippen LogP contribution in [0.3, 0.4) is 0 Å². The molecule has 0 aromatic carbocycles. The van der Waals surface area contributed by atoms with E-state index in [-0.39, 0.29) is 86.8 Å². The van der Waals surface area contributed by atoms with Gasteiger partial charge in [0.05, 0.1) is 18.5 Å². The summed E-state index contributed by atoms with van der Waals surface area (Å²) < 4.78 is -0.887. The lowest BCUT2D eigenvalue weighted by Crippen LogP contribution is -2.60. The number of thiol groups is 2. The molecular formula is C37H68N14O9S4. The van der Waals surface area contributed by atoms with Crippen LogP contribution in [0, 0.1) is 5.92 Å². The third kappa shape index (κ3) is 21.6. The Balaban J connectivity index is 3.38. The van der Waals surface area contributed by atoms with Crippen molar-refractivity contribution in [3.8, 4) is 0 Å². The lowest BCUT2D eigenvalue weighted by Gasteiger charge is -2.31. The van der Waals surface area contributed by atoms with Gasteiger partial charge in [0, 0.05) is 29.3 Å². The fourth-order valence-electron chi connectivity index (χ4n) is 5.93. The quantitative estimate of drug-likeness (QED) is 0.0149. The molecule has 27 heteroatoms. The third-order valence-corrected chi connectivity index (χ3v) is 11.8. The molecule has 0 bridgehead atoms. The van der Waals surface area contributed by atoms with Crippen molar-refractivity contribution in [2.24, 2.45) is 44.6 Å². The van der Waals surface area contributed by atoms with Crippen LogP contribution in [0.25, 0.3) is 0 Å². The third-order valence-electron chi connectivity index (χ3n) is 9.47. The van der Waals surface area contributed by atoms with Crippen LogP contribution in [0.5, 0.6) is 0 Å². The number of nitrogens with zero attached hydrogens (tertiary/aromatic N) is 3. The van der Waals surface area contributed by atoms with Crippen molar-refractivity contribution in [1.82, 2.24) is 36.8 Å². The molecular weight excluding hydrogens is 913 g/mol. The summed E-state index contributed by atoms with van der Waals surface area (Å²) in [6.45, 7) is 6.53. The molecule has 23 nitrogen and oxygen atoms in total. The number of guanidine groups is 2. The first-order valence-corrected chi connectivity index (χ1v) is 24.1. The predicted molar refractivity (Wildman–Crippen MR) is 255 cm³/mol. The van der Waals surface area contributed by atoms with Crippen LogP contribution in [-0.4, -0.2) is 165 Å². The minimum Gasteiger partial charge on any atom is -0.480 e. The van der Waals surface area contributed by atoms with Crippen molar-refractivity contribution < 1.29 is 43.5 Å². The van der Waals surface area contributed by atoms with E-state index in [0.717, 1.165) is 0 Å². The van der Waals surface area contributed by atoms with Gasteiger partial charge in [0.1, 0.15) is 36.3 Å². The van der Waals surface area contributed by atoms with E-state index < -0.39 is 101 Å². The second kappa shape index (κ2) is 29.2. The van der Waals surface area contributed by atoms with Crippen LogP contribution in [0.2, 0.25) is 0 Å². The Morgan fingerprint density at radius 2 is 1.33 bits per heavy atom. The molecule has 64 heavy (non-hydrogen) atoms. The van der Waals surface area contributed by atoms with E-state index in [1.54, 1.807) is 27.7 Å². The van der Waals surface area contributed by atoms with Crippen molar-refractivity contribution in [2.45, 2.75) is 113 Å². The highest BCUT2D eigenvalue weighted by Crippen LogP contribution is 2.24. The van der Waals surface area contributed by atoms with Gasteiger partial charge in [0.25, 0.3) is 0 Å². The Morgan fingerprint density at radius 1 is 0.797 bits per heavy atom. The van der Waals surface area contributed by atoms with Gasteiger partial charge in [-0.2, -0.15) is 37.0 Å². The fourth-order valence-corrected chi connectivity index (χ4v) is 7.93. The van der Waals surface area contributed by atoms with Crippen molar-refractivity contribution >= 4 is 108 Å². The van der Waals surface area contributed by atoms with Gasteiger partial charge in [-0.05, 0) is 70.3 Å². The summed E-state index contributed by atoms with van der Waals surface area (Å²) in [6, 6.07) is -8.12. The number of hydrogen-bond donors (Lipinski definition) is 14. The highest BCUT2D eigenvalue weighted by molar-refractivity contribution is 7.99. The number of carboxylic acids is 1. The predicted octanol–water partition coefficient (Wildman–Crippen LogP) is -3.62. The number of carboxylic acid groups (broad SMARTS) is 1. The molecule has 0 aromatic heterocycles. The lowest BCUT2D eigenvalue weighted by atomic mass is 10.0. The molecule has 364 valence electrons. The molecule has 1 aliphatic heterocycles. The molecule has 0 radical (unpaired) electrons. The highest BCUT2D eigenvalue weighted by Gasteiger charge is 2.41. The van der Waals surface area contributed by atoms with E-state index in [2.05, 4.69) is 67.1 Å². The molecule has 0 spiro atoms. The molecule has 1 fully saturated rings. The summed E-state index contributed by atoms with van der Waals surface area (Å²) in [4.78, 5) is 115. The molecule has 7 amide bonds. The number of carbonyl (C=O) groups is 8. The summed E-state index contributed by atoms with van der Waals surface area (Å²) in [5, 5.41) is 24.7. The number of rotatable bonds is 29. The maximum atomic E-state index is 14.1. The Hall–Kier alpha value is -4.34. The number of aliphatic imine (C=N–C) groups is 2. The second-order valence-corrected chi connectivity index (χ2v) is 19.4. The first kappa shape index (κ1) is 57.7. The lowest BCUT2D eigenvalue weighted by molar-refractivity contribution is -0.142. The largest absolute Gasteiger partial charge is 0.480 e. The Labute approximate surface area is 393 Å². The van der Waals surface area contributed by atoms with Gasteiger partial charge in [0.15, 0.2) is 11.9 Å². The van der Waals surface area contributed by atoms with Gasteiger partial charge in [-0.15, -0.1) is 11.8 Å². The average Bonchev–Trinajstić information content (AvgIpc) is 3.71. The first-order valence-electron chi connectivity index (χ1n) is 20.5. The zero-order chi connectivity index (χ0) is 48.7. The van der Waals surface area contributed by atoms with Gasteiger partial charge < -0.3 is 70.6 Å². The van der Waals surface area contributed by atoms with Crippen LogP contribution in [0.15, 0.2) is 9.98 Å². The van der Waals surface area contributed by atoms with Crippen LogP contribution in [0.1, 0.15) is 66.2 Å². The smallest absolute Gasteiger partial charge is 0.327 e. The standard InChI is InChI=1S/C37H68N14O9S4/c1-19(2)14-23(30(55)47-20(8-6-11-43-35(39)40)28(53)45-15-26(52)46-24(16-61)34(59)60)50-29(54)21(9-7-12-44-36(41)42)48-31(56)25-17-64-18-51(25)33(58)22(10-13-63-5)49-32(57)27(38)37(3,4)62/h19-25,27,61-62H,6-18,38H2,1-5H3,(H,45,53)(H,46,52)(H,47,55)(H,48,56)(H,49,57)(H,50,54)(H,59,60)(H4,39,40,43)(H4,41,42,44)/t20-,21-,22-,23-,24-,25?,27+/m0/s1. The molecule has 0 saturated carbocycles. The molecule has 7 atom stereocenters. The van der Waals surface area contributed by atoms with E-state index in [0.29, 0.717) is 5.75 Å². The maximum Gasteiger partial charge on any atom is 0.327 e. The van der Waals surface area contributed by atoms with Crippen LogP contribution in [-0.2, 0) is 38.4 Å². The molecule has 17 N–H and O–H groups in total. The number of hydrogen-bond acceptors (Lipinski definition) is 15. The molecule has 1 rings (SSSR count). The summed E-state index contributed by atoms with van der Waals surface area (Å²) in [5.41, 5.74) is 28.0. The van der Waals surface area contributed by atoms with E-state index in [9.17, 15) is 43.5 Å². The molecule has 1 saturated heterocycles. The van der Waals surface area contributed by atoms with Gasteiger partial charge in [-0.25, -0.2) is 4.79 Å². The van der Waals surface area contributed by atoms with E-state index in [4.69, 9.17) is 28.7 Å². The molecule has 1 aliphatic rings. The van der Waals surface area contributed by atoms with Crippen molar-refractivity contribution in [1.29, 1.82) is 0 Å². The number of nitrogens with one attached hydrogen (secondary N) is 6. The Kier molecular flexibility index (Phi) is 26.4. The number of thioether (sulfide) groups is 2. The zero-order valence-electron chi connectivity index (χ0n) is 37.0. The number of nitrogens with two attached hydrogens (primary N) is 5. The minimum absolute atomic E-state index is 0.00734. The fraction of sp³-hybridized carbons (Fsp3) is 0.730. The van der Waals surface area contributed by atoms with Crippen LogP contribution < -0.4 is 60.6 Å². The summed E-state index contributed by atoms with van der Waals surface area (Å²) >= 11 is 11.1. The summed E-state index contributed by atoms with van der Waals surface area (Å²) in [7, 11) is 0. The SMILES string of the molecule is CSCC[C@H](NC(=O)[C@@H](N)C(C)(C)S)C(=O)N1CSCC1C(=O)N[C@@H](CCCN=C(N)N)C(=O)N[C@@H](CC(C)C)C(=O)N[C@@H](CCCN=C(N)N)C(=O)NCC(=O)N[C@@H](CS)C(=O)O. The molecule has 0 aliphatic carbocycles. The molecule has 1 unspecified atom stereocenters. The van der Waals surface area contributed by atoms with E-state index in [1.807, 2.05) is 6.26 Å². The van der Waals surface area contributed by atoms with Crippen LogP contribution >= 0.6 is 48.8 Å². The van der Waals surface area contributed by atoms with Gasteiger partial charge in [-0.3, -0.25) is 43.5 Å². The molecule has 1 heterocycles. The van der Waals surface area contributed by atoms with Crippen molar-refractivity contribution in [2.75, 3.05) is 49.0 Å². The summed E-state index contributed by atoms with van der Waals surface area (Å²) in [6.07, 6.45) is 2.63.